The zero-order valence-corrected chi connectivity index (χ0v) is 11.4. The molecule has 0 bridgehead atoms. The van der Waals surface area contributed by atoms with Gasteiger partial charge in [-0.1, -0.05) is 32.3 Å². The number of ketones is 1. The summed E-state index contributed by atoms with van der Waals surface area (Å²) < 4.78 is 0. The van der Waals surface area contributed by atoms with Gasteiger partial charge in [-0.25, -0.2) is 0 Å². The van der Waals surface area contributed by atoms with Gasteiger partial charge < -0.3 is 10.2 Å². The number of allylic oxidation sites excluding steroid dienone is 2. The van der Waals surface area contributed by atoms with Crippen LogP contribution in [0.25, 0.3) is 0 Å². The summed E-state index contributed by atoms with van der Waals surface area (Å²) in [6.45, 7) is 10.5. The first-order valence-electron chi connectivity index (χ1n) is 5.96. The van der Waals surface area contributed by atoms with Crippen molar-refractivity contribution in [3.8, 4) is 11.8 Å². The highest BCUT2D eigenvalue weighted by molar-refractivity contribution is 5.97. The fourth-order valence-electron chi connectivity index (χ4n) is 1.90. The van der Waals surface area contributed by atoms with Gasteiger partial charge in [0.15, 0.2) is 11.4 Å². The van der Waals surface area contributed by atoms with Gasteiger partial charge in [0.2, 0.25) is 0 Å². The van der Waals surface area contributed by atoms with Crippen molar-refractivity contribution in [2.75, 3.05) is 0 Å². The molecule has 1 rings (SSSR count). The minimum Gasteiger partial charge on any atom is -0.509 e. The quantitative estimate of drug-likeness (QED) is 0.554. The molecule has 0 aromatic heterocycles. The van der Waals surface area contributed by atoms with Crippen molar-refractivity contribution in [1.82, 2.24) is 0 Å². The molecule has 18 heavy (non-hydrogen) atoms. The fourth-order valence-corrected chi connectivity index (χ4v) is 1.90. The Morgan fingerprint density at radius 2 is 2.06 bits per heavy atom. The minimum absolute atomic E-state index is 0.0982. The second-order valence-corrected chi connectivity index (χ2v) is 5.58. The third kappa shape index (κ3) is 2.83. The van der Waals surface area contributed by atoms with Crippen molar-refractivity contribution < 1.29 is 15.0 Å². The molecule has 0 aromatic rings. The van der Waals surface area contributed by atoms with Gasteiger partial charge in [0.1, 0.15) is 5.76 Å². The molecule has 3 nitrogen and oxygen atoms in total. The number of aliphatic hydroxyl groups excluding tert-OH is 1. The summed E-state index contributed by atoms with van der Waals surface area (Å²) >= 11 is 0. The molecule has 2 N–H and O–H groups in total. The highest BCUT2D eigenvalue weighted by Gasteiger charge is 2.32. The van der Waals surface area contributed by atoms with Gasteiger partial charge in [-0.15, -0.1) is 0 Å². The predicted octanol–water partition coefficient (Wildman–Crippen LogP) is 2.52. The van der Waals surface area contributed by atoms with Crippen molar-refractivity contribution in [3.63, 3.8) is 0 Å². The van der Waals surface area contributed by atoms with Crippen LogP contribution in [0.2, 0.25) is 0 Å². The molecular formula is C15H20O3. The van der Waals surface area contributed by atoms with Crippen LogP contribution in [0.1, 0.15) is 40.5 Å². The number of carbonyl (C=O) groups is 1. The Hall–Kier alpha value is -1.53. The number of hydrogen-bond acceptors (Lipinski definition) is 3. The smallest absolute Gasteiger partial charge is 0.179 e. The van der Waals surface area contributed by atoms with E-state index in [0.29, 0.717) is 12.0 Å². The molecule has 0 aromatic carbocycles. The Kier molecular flexibility index (Phi) is 3.73. The summed E-state index contributed by atoms with van der Waals surface area (Å²) in [5, 5.41) is 19.0. The molecule has 0 aliphatic heterocycles. The Morgan fingerprint density at radius 3 is 2.56 bits per heavy atom. The number of aliphatic hydroxyl groups is 2. The van der Waals surface area contributed by atoms with Crippen molar-refractivity contribution >= 4 is 5.78 Å². The summed E-state index contributed by atoms with van der Waals surface area (Å²) in [4.78, 5) is 11.7. The second kappa shape index (κ2) is 4.62. The van der Waals surface area contributed by atoms with E-state index < -0.39 is 11.4 Å². The van der Waals surface area contributed by atoms with Crippen LogP contribution < -0.4 is 0 Å². The summed E-state index contributed by atoms with van der Waals surface area (Å²) in [5.41, 5.74) is -0.444. The van der Waals surface area contributed by atoms with Crippen LogP contribution >= 0.6 is 0 Å². The molecule has 0 saturated carbocycles. The number of hydrogen-bond donors (Lipinski definition) is 2. The van der Waals surface area contributed by atoms with E-state index >= 15 is 0 Å². The summed E-state index contributed by atoms with van der Waals surface area (Å²) in [6.07, 6.45) is 1.28. The zero-order valence-electron chi connectivity index (χ0n) is 11.4. The maximum Gasteiger partial charge on any atom is 0.179 e. The molecule has 0 amide bonds. The minimum atomic E-state index is -1.65. The lowest BCUT2D eigenvalue weighted by atomic mass is 9.72. The third-order valence-electron chi connectivity index (χ3n) is 3.44. The number of carbonyl (C=O) groups excluding carboxylic acids is 1. The molecule has 3 heteroatoms. The van der Waals surface area contributed by atoms with Crippen LogP contribution in [-0.4, -0.2) is 21.6 Å². The van der Waals surface area contributed by atoms with Gasteiger partial charge in [0.25, 0.3) is 0 Å². The van der Waals surface area contributed by atoms with E-state index in [1.165, 1.54) is 6.92 Å². The molecule has 1 unspecified atom stereocenters. The lowest BCUT2D eigenvalue weighted by Gasteiger charge is -2.30. The van der Waals surface area contributed by atoms with Crippen LogP contribution in [0.4, 0.5) is 0 Å². The predicted molar refractivity (Wildman–Crippen MR) is 70.9 cm³/mol. The van der Waals surface area contributed by atoms with Crippen molar-refractivity contribution in [2.45, 2.75) is 46.1 Å². The van der Waals surface area contributed by atoms with Crippen LogP contribution in [0.3, 0.4) is 0 Å². The van der Waals surface area contributed by atoms with E-state index in [-0.39, 0.29) is 11.2 Å². The molecule has 1 atom stereocenters. The lowest BCUT2D eigenvalue weighted by Crippen LogP contribution is -2.27. The van der Waals surface area contributed by atoms with Crippen LogP contribution in [0, 0.1) is 17.3 Å². The summed E-state index contributed by atoms with van der Waals surface area (Å²) in [5.74, 6) is 5.14. The second-order valence-electron chi connectivity index (χ2n) is 5.58. The van der Waals surface area contributed by atoms with Crippen LogP contribution in [-0.2, 0) is 4.79 Å². The Labute approximate surface area is 108 Å². The molecule has 98 valence electrons. The monoisotopic (exact) mass is 248 g/mol. The summed E-state index contributed by atoms with van der Waals surface area (Å²) in [7, 11) is 0. The zero-order chi connectivity index (χ0) is 14.1. The number of Topliss-reactive ketones (excluding diaryl/α,β-unsaturated/α-hetero) is 1. The normalized spacial score (nSPS) is 21.9. The van der Waals surface area contributed by atoms with Gasteiger partial charge in [-0.05, 0) is 25.7 Å². The average molecular weight is 248 g/mol. The Bertz CT molecular complexity index is 482. The van der Waals surface area contributed by atoms with Gasteiger partial charge >= 0.3 is 0 Å². The molecule has 1 aliphatic rings. The standard InChI is InChI=1S/C15H20O3/c1-10-12(6-9-15(5,18)11(2)16)14(3,4)8-7-13(10)17/h16,18H,2,7-8H2,1,3-5H3. The van der Waals surface area contributed by atoms with E-state index in [9.17, 15) is 15.0 Å². The van der Waals surface area contributed by atoms with Crippen molar-refractivity contribution in [2.24, 2.45) is 5.41 Å². The van der Waals surface area contributed by atoms with E-state index in [2.05, 4.69) is 18.4 Å². The molecular weight excluding hydrogens is 228 g/mol. The lowest BCUT2D eigenvalue weighted by molar-refractivity contribution is -0.116. The largest absolute Gasteiger partial charge is 0.509 e. The van der Waals surface area contributed by atoms with Gasteiger partial charge in [-0.3, -0.25) is 4.79 Å². The molecule has 0 heterocycles. The molecule has 0 saturated heterocycles. The number of rotatable bonds is 1. The fraction of sp³-hybridized carbons (Fsp3) is 0.533. The Morgan fingerprint density at radius 1 is 1.50 bits per heavy atom. The van der Waals surface area contributed by atoms with E-state index in [1.54, 1.807) is 6.92 Å². The first-order valence-corrected chi connectivity index (χ1v) is 5.96. The van der Waals surface area contributed by atoms with E-state index in [4.69, 9.17) is 0 Å². The first-order chi connectivity index (χ1) is 8.08. The van der Waals surface area contributed by atoms with Crippen molar-refractivity contribution in [1.29, 1.82) is 0 Å². The van der Waals surface area contributed by atoms with Crippen molar-refractivity contribution in [3.05, 3.63) is 23.5 Å². The van der Waals surface area contributed by atoms with Gasteiger partial charge in [0.05, 0.1) is 0 Å². The molecule has 0 fully saturated rings. The maximum atomic E-state index is 11.7. The van der Waals surface area contributed by atoms with E-state index in [0.717, 1.165) is 12.0 Å². The first kappa shape index (κ1) is 14.5. The highest BCUT2D eigenvalue weighted by atomic mass is 16.3. The highest BCUT2D eigenvalue weighted by Crippen LogP contribution is 2.38. The molecule has 0 radical (unpaired) electrons. The van der Waals surface area contributed by atoms with E-state index in [1.807, 2.05) is 13.8 Å². The van der Waals surface area contributed by atoms with Crippen LogP contribution in [0.15, 0.2) is 23.5 Å². The summed E-state index contributed by atoms with van der Waals surface area (Å²) in [6, 6.07) is 0. The third-order valence-corrected chi connectivity index (χ3v) is 3.44. The Balaban J connectivity index is 3.23. The topological polar surface area (TPSA) is 57.5 Å². The van der Waals surface area contributed by atoms with Gasteiger partial charge in [-0.2, -0.15) is 0 Å². The average Bonchev–Trinajstić information content (AvgIpc) is 2.23. The molecule has 1 aliphatic carbocycles. The molecule has 0 spiro atoms. The SMILES string of the molecule is C=C(O)C(C)(O)C#CC1=C(C)C(=O)CCC1(C)C. The maximum absolute atomic E-state index is 11.7. The van der Waals surface area contributed by atoms with Gasteiger partial charge in [0, 0.05) is 17.6 Å². The van der Waals surface area contributed by atoms with Crippen LogP contribution in [0.5, 0.6) is 0 Å².